The zero-order chi connectivity index (χ0) is 17.0. The van der Waals surface area contributed by atoms with Crippen LogP contribution < -0.4 is 10.1 Å². The number of hydrogen-bond acceptors (Lipinski definition) is 6. The third-order valence-electron chi connectivity index (χ3n) is 3.02. The van der Waals surface area contributed by atoms with Crippen LogP contribution in [0.15, 0.2) is 30.5 Å². The van der Waals surface area contributed by atoms with Gasteiger partial charge in [-0.3, -0.25) is 14.9 Å². The molecule has 0 saturated heterocycles. The van der Waals surface area contributed by atoms with Crippen LogP contribution in [0.2, 0.25) is 0 Å². The Hall–Kier alpha value is -3.16. The van der Waals surface area contributed by atoms with E-state index in [4.69, 9.17) is 4.74 Å². The molecule has 23 heavy (non-hydrogen) atoms. The number of pyridine rings is 1. The fourth-order valence-electron chi connectivity index (χ4n) is 1.81. The summed E-state index contributed by atoms with van der Waals surface area (Å²) in [6, 6.07) is 6.53. The molecule has 0 fully saturated rings. The van der Waals surface area contributed by atoms with Gasteiger partial charge in [-0.05, 0) is 31.0 Å². The number of aryl methyl sites for hydroxylation is 2. The van der Waals surface area contributed by atoms with Gasteiger partial charge < -0.3 is 15.2 Å². The van der Waals surface area contributed by atoms with E-state index in [1.54, 1.807) is 0 Å². The number of nitrogens with one attached hydrogen (secondary N) is 1. The van der Waals surface area contributed by atoms with Crippen molar-refractivity contribution in [2.24, 2.45) is 0 Å². The van der Waals surface area contributed by atoms with Gasteiger partial charge in [0.05, 0.1) is 11.0 Å². The second-order valence-electron chi connectivity index (χ2n) is 4.92. The predicted molar refractivity (Wildman–Crippen MR) is 82.6 cm³/mol. The Labute approximate surface area is 131 Å². The number of nitrogens with zero attached hydrogens (tertiary/aromatic N) is 2. The molecule has 0 unspecified atom stereocenters. The van der Waals surface area contributed by atoms with Crippen molar-refractivity contribution in [2.75, 3.05) is 11.9 Å². The van der Waals surface area contributed by atoms with Gasteiger partial charge in [-0.25, -0.2) is 4.98 Å². The summed E-state index contributed by atoms with van der Waals surface area (Å²) < 4.78 is 5.42. The van der Waals surface area contributed by atoms with E-state index in [0.717, 1.165) is 23.4 Å². The molecule has 8 heteroatoms. The number of ether oxygens (including phenoxy) is 1. The van der Waals surface area contributed by atoms with Crippen LogP contribution >= 0.6 is 0 Å². The van der Waals surface area contributed by atoms with Crippen molar-refractivity contribution in [3.05, 3.63) is 51.7 Å². The molecule has 120 valence electrons. The van der Waals surface area contributed by atoms with Crippen LogP contribution in [-0.4, -0.2) is 27.5 Å². The molecule has 2 rings (SSSR count). The van der Waals surface area contributed by atoms with Crippen LogP contribution in [0.3, 0.4) is 0 Å². The van der Waals surface area contributed by atoms with E-state index in [1.807, 2.05) is 32.0 Å². The van der Waals surface area contributed by atoms with E-state index in [1.165, 1.54) is 0 Å². The molecule has 0 saturated carbocycles. The number of aromatic nitrogens is 1. The van der Waals surface area contributed by atoms with Crippen LogP contribution in [0.25, 0.3) is 0 Å². The first-order valence-electron chi connectivity index (χ1n) is 6.70. The Morgan fingerprint density at radius 1 is 1.39 bits per heavy atom. The summed E-state index contributed by atoms with van der Waals surface area (Å²) in [4.78, 5) is 25.3. The number of hydrogen-bond donors (Lipinski definition) is 2. The number of carbonyl (C=O) groups excluding carboxylic acids is 1. The summed E-state index contributed by atoms with van der Waals surface area (Å²) in [6.07, 6.45) is 0.945. The van der Waals surface area contributed by atoms with Crippen molar-refractivity contribution in [1.29, 1.82) is 0 Å². The Kier molecular flexibility index (Phi) is 4.75. The molecular weight excluding hydrogens is 302 g/mol. The van der Waals surface area contributed by atoms with Crippen LogP contribution in [-0.2, 0) is 4.79 Å². The fraction of sp³-hybridized carbons (Fsp3) is 0.200. The minimum Gasteiger partial charge on any atom is -0.504 e. The van der Waals surface area contributed by atoms with Crippen molar-refractivity contribution < 1.29 is 19.6 Å². The molecule has 2 aromatic rings. The number of rotatable bonds is 5. The molecular formula is C15H15N3O5. The lowest BCUT2D eigenvalue weighted by Gasteiger charge is -2.10. The number of benzene rings is 1. The SMILES string of the molecule is Cc1ccc(C)c(OCC(=O)Nc2ncc([N+](=O)[O-])cc2O)c1. The largest absolute Gasteiger partial charge is 0.504 e. The highest BCUT2D eigenvalue weighted by Crippen LogP contribution is 2.25. The van der Waals surface area contributed by atoms with Crippen LogP contribution in [0.4, 0.5) is 11.5 Å². The molecule has 2 N–H and O–H groups in total. The maximum absolute atomic E-state index is 11.8. The number of anilines is 1. The summed E-state index contributed by atoms with van der Waals surface area (Å²) in [5.74, 6) is -0.604. The molecule has 0 aliphatic carbocycles. The van der Waals surface area contributed by atoms with Gasteiger partial charge >= 0.3 is 0 Å². The molecule has 1 aromatic heterocycles. The van der Waals surface area contributed by atoms with E-state index < -0.39 is 16.6 Å². The molecule has 1 heterocycles. The maximum atomic E-state index is 11.8. The highest BCUT2D eigenvalue weighted by Gasteiger charge is 2.14. The predicted octanol–water partition coefficient (Wildman–Crippen LogP) is 2.33. The van der Waals surface area contributed by atoms with Gasteiger partial charge in [0.2, 0.25) is 0 Å². The van der Waals surface area contributed by atoms with Crippen molar-refractivity contribution in [3.8, 4) is 11.5 Å². The second-order valence-corrected chi connectivity index (χ2v) is 4.92. The molecule has 8 nitrogen and oxygen atoms in total. The Morgan fingerprint density at radius 2 is 2.13 bits per heavy atom. The maximum Gasteiger partial charge on any atom is 0.291 e. The molecule has 0 spiro atoms. The number of carbonyl (C=O) groups is 1. The topological polar surface area (TPSA) is 115 Å². The van der Waals surface area contributed by atoms with Crippen molar-refractivity contribution >= 4 is 17.4 Å². The number of aromatic hydroxyl groups is 1. The zero-order valence-electron chi connectivity index (χ0n) is 12.6. The van der Waals surface area contributed by atoms with Crippen LogP contribution in [0.5, 0.6) is 11.5 Å². The second kappa shape index (κ2) is 6.73. The first-order chi connectivity index (χ1) is 10.9. The van der Waals surface area contributed by atoms with Crippen LogP contribution in [0, 0.1) is 24.0 Å². The molecule has 1 aromatic carbocycles. The molecule has 0 radical (unpaired) electrons. The van der Waals surface area contributed by atoms with Gasteiger partial charge in [0.1, 0.15) is 11.9 Å². The van der Waals surface area contributed by atoms with E-state index in [2.05, 4.69) is 10.3 Å². The Bertz CT molecular complexity index is 761. The number of nitro groups is 1. The van der Waals surface area contributed by atoms with Crippen molar-refractivity contribution in [1.82, 2.24) is 4.98 Å². The third kappa shape index (κ3) is 4.16. The number of amides is 1. The summed E-state index contributed by atoms with van der Waals surface area (Å²) in [6.45, 7) is 3.49. The van der Waals surface area contributed by atoms with E-state index in [-0.39, 0.29) is 18.1 Å². The average Bonchev–Trinajstić information content (AvgIpc) is 2.50. The van der Waals surface area contributed by atoms with E-state index in [0.29, 0.717) is 5.75 Å². The first kappa shape index (κ1) is 16.2. The van der Waals surface area contributed by atoms with Gasteiger partial charge in [-0.1, -0.05) is 12.1 Å². The lowest BCUT2D eigenvalue weighted by molar-refractivity contribution is -0.385. The summed E-state index contributed by atoms with van der Waals surface area (Å²) in [7, 11) is 0. The standard InChI is InChI=1S/C15H15N3O5/c1-9-3-4-10(2)13(5-9)23-8-14(20)17-15-12(19)6-11(7-16-15)18(21)22/h3-7,19H,8H2,1-2H3,(H,16,17,20). The normalized spacial score (nSPS) is 10.2. The van der Waals surface area contributed by atoms with E-state index >= 15 is 0 Å². The quantitative estimate of drug-likeness (QED) is 0.646. The lowest BCUT2D eigenvalue weighted by atomic mass is 10.1. The zero-order valence-corrected chi connectivity index (χ0v) is 12.6. The van der Waals surface area contributed by atoms with Gasteiger partial charge in [0.15, 0.2) is 18.2 Å². The summed E-state index contributed by atoms with van der Waals surface area (Å²) in [5.41, 5.74) is 1.52. The van der Waals surface area contributed by atoms with Crippen molar-refractivity contribution in [2.45, 2.75) is 13.8 Å². The van der Waals surface area contributed by atoms with Gasteiger partial charge in [-0.15, -0.1) is 0 Å². The first-order valence-corrected chi connectivity index (χ1v) is 6.70. The van der Waals surface area contributed by atoms with E-state index in [9.17, 15) is 20.0 Å². The minimum absolute atomic E-state index is 0.162. The molecule has 0 aliphatic heterocycles. The summed E-state index contributed by atoms with van der Waals surface area (Å²) in [5, 5.41) is 22.5. The minimum atomic E-state index is -0.693. The fourth-order valence-corrected chi connectivity index (χ4v) is 1.81. The molecule has 1 amide bonds. The van der Waals surface area contributed by atoms with Crippen LogP contribution in [0.1, 0.15) is 11.1 Å². The lowest BCUT2D eigenvalue weighted by Crippen LogP contribution is -2.21. The highest BCUT2D eigenvalue weighted by atomic mass is 16.6. The van der Waals surface area contributed by atoms with Gasteiger partial charge in [0, 0.05) is 0 Å². The third-order valence-corrected chi connectivity index (χ3v) is 3.02. The summed E-state index contributed by atoms with van der Waals surface area (Å²) >= 11 is 0. The molecule has 0 bridgehead atoms. The van der Waals surface area contributed by atoms with Gasteiger partial charge in [-0.2, -0.15) is 0 Å². The Morgan fingerprint density at radius 3 is 2.78 bits per heavy atom. The molecule has 0 atom stereocenters. The average molecular weight is 317 g/mol. The smallest absolute Gasteiger partial charge is 0.291 e. The highest BCUT2D eigenvalue weighted by molar-refractivity contribution is 5.92. The van der Waals surface area contributed by atoms with Gasteiger partial charge in [0.25, 0.3) is 11.6 Å². The molecule has 0 aliphatic rings. The monoisotopic (exact) mass is 317 g/mol. The Balaban J connectivity index is 2.00. The van der Waals surface area contributed by atoms with Crippen molar-refractivity contribution in [3.63, 3.8) is 0 Å².